The molecule has 0 aliphatic heterocycles. The molecular formula is C16H23N. The number of nitrogens with one attached hydrogen (secondary N) is 1. The highest BCUT2D eigenvalue weighted by Gasteiger charge is 2.14. The molecule has 17 heavy (non-hydrogen) atoms. The Morgan fingerprint density at radius 2 is 1.82 bits per heavy atom. The summed E-state index contributed by atoms with van der Waals surface area (Å²) in [6.07, 6.45) is 6.65. The van der Waals surface area contributed by atoms with Crippen LogP contribution >= 0.6 is 0 Å². The minimum atomic E-state index is 0.0315. The van der Waals surface area contributed by atoms with Crippen molar-refractivity contribution in [2.75, 3.05) is 6.54 Å². The molecule has 0 fully saturated rings. The second-order valence-corrected chi connectivity index (χ2v) is 5.43. The molecule has 1 rings (SSSR count). The summed E-state index contributed by atoms with van der Waals surface area (Å²) in [6, 6.07) is 8.64. The lowest BCUT2D eigenvalue weighted by molar-refractivity contribution is 0.588. The number of terminal acetylenes is 1. The predicted molar refractivity (Wildman–Crippen MR) is 75.0 cm³/mol. The average molecular weight is 229 g/mol. The van der Waals surface area contributed by atoms with E-state index in [9.17, 15) is 0 Å². The second-order valence-electron chi connectivity index (χ2n) is 5.43. The lowest BCUT2D eigenvalue weighted by Gasteiger charge is -2.20. The molecule has 92 valence electrons. The number of rotatable bonds is 4. The Kier molecular flexibility index (Phi) is 4.78. The van der Waals surface area contributed by atoms with Crippen molar-refractivity contribution in [2.24, 2.45) is 0 Å². The molecule has 0 bridgehead atoms. The Morgan fingerprint density at radius 1 is 1.24 bits per heavy atom. The highest BCUT2D eigenvalue weighted by atomic mass is 14.9. The molecule has 0 spiro atoms. The summed E-state index contributed by atoms with van der Waals surface area (Å²) in [4.78, 5) is 0. The van der Waals surface area contributed by atoms with Crippen LogP contribution in [-0.4, -0.2) is 6.54 Å². The van der Waals surface area contributed by atoms with E-state index < -0.39 is 0 Å². The van der Waals surface area contributed by atoms with Gasteiger partial charge < -0.3 is 5.32 Å². The van der Waals surface area contributed by atoms with Gasteiger partial charge in [-0.2, -0.15) is 0 Å². The Hall–Kier alpha value is -1.26. The number of hydrogen-bond donors (Lipinski definition) is 1. The van der Waals surface area contributed by atoms with E-state index in [-0.39, 0.29) is 11.5 Å². The molecule has 1 N–H and O–H groups in total. The topological polar surface area (TPSA) is 12.0 Å². The van der Waals surface area contributed by atoms with Crippen molar-refractivity contribution in [1.29, 1.82) is 0 Å². The Morgan fingerprint density at radius 3 is 2.24 bits per heavy atom. The summed E-state index contributed by atoms with van der Waals surface area (Å²) in [6.45, 7) is 9.75. The minimum Gasteiger partial charge on any atom is -0.300 e. The molecule has 1 aromatic rings. The second kappa shape index (κ2) is 5.89. The van der Waals surface area contributed by atoms with Crippen molar-refractivity contribution in [3.63, 3.8) is 0 Å². The Bertz CT molecular complexity index is 375. The molecule has 0 aromatic heterocycles. The number of benzene rings is 1. The largest absolute Gasteiger partial charge is 0.300 e. The van der Waals surface area contributed by atoms with Crippen LogP contribution in [0.5, 0.6) is 0 Å². The van der Waals surface area contributed by atoms with Crippen LogP contribution in [0.2, 0.25) is 0 Å². The molecule has 0 saturated carbocycles. The van der Waals surface area contributed by atoms with Crippen LogP contribution in [0.15, 0.2) is 24.3 Å². The van der Waals surface area contributed by atoms with E-state index in [0.29, 0.717) is 0 Å². The molecule has 0 aliphatic rings. The molecule has 1 heteroatoms. The lowest BCUT2D eigenvalue weighted by Crippen LogP contribution is -2.21. The molecule has 0 radical (unpaired) electrons. The van der Waals surface area contributed by atoms with Crippen LogP contribution in [0.3, 0.4) is 0 Å². The zero-order valence-electron chi connectivity index (χ0n) is 11.4. The fourth-order valence-corrected chi connectivity index (χ4v) is 1.74. The van der Waals surface area contributed by atoms with Crippen LogP contribution < -0.4 is 5.32 Å². The van der Waals surface area contributed by atoms with E-state index in [2.05, 4.69) is 63.2 Å². The van der Waals surface area contributed by atoms with Crippen LogP contribution in [-0.2, 0) is 5.41 Å². The van der Waals surface area contributed by atoms with Gasteiger partial charge in [-0.15, -0.1) is 6.42 Å². The first-order valence-electron chi connectivity index (χ1n) is 6.29. The first-order valence-corrected chi connectivity index (χ1v) is 6.29. The van der Waals surface area contributed by atoms with Crippen LogP contribution in [0.4, 0.5) is 0 Å². The van der Waals surface area contributed by atoms with Crippen LogP contribution in [0.25, 0.3) is 0 Å². The van der Waals surface area contributed by atoms with Crippen LogP contribution in [0.1, 0.15) is 51.3 Å². The molecule has 0 heterocycles. The molecule has 1 atom stereocenters. The zero-order valence-corrected chi connectivity index (χ0v) is 11.4. The van der Waals surface area contributed by atoms with Gasteiger partial charge in [0.15, 0.2) is 0 Å². The van der Waals surface area contributed by atoms with Crippen molar-refractivity contribution in [2.45, 2.75) is 45.6 Å². The molecule has 1 nitrogen and oxygen atoms in total. The molecule has 0 aliphatic carbocycles. The minimum absolute atomic E-state index is 0.0315. The lowest BCUT2D eigenvalue weighted by atomic mass is 9.86. The third kappa shape index (κ3) is 3.91. The molecular weight excluding hydrogens is 206 g/mol. The van der Waals surface area contributed by atoms with Gasteiger partial charge in [-0.1, -0.05) is 57.9 Å². The first kappa shape index (κ1) is 13.8. The smallest absolute Gasteiger partial charge is 0.0943 e. The van der Waals surface area contributed by atoms with E-state index in [4.69, 9.17) is 6.42 Å². The average Bonchev–Trinajstić information content (AvgIpc) is 2.29. The molecule has 0 amide bonds. The van der Waals surface area contributed by atoms with Gasteiger partial charge in [0.25, 0.3) is 0 Å². The monoisotopic (exact) mass is 229 g/mol. The third-order valence-corrected chi connectivity index (χ3v) is 2.88. The van der Waals surface area contributed by atoms with Crippen molar-refractivity contribution in [1.82, 2.24) is 5.32 Å². The predicted octanol–water partition coefficient (Wildman–Crippen LogP) is 3.66. The van der Waals surface area contributed by atoms with Gasteiger partial charge in [0.1, 0.15) is 0 Å². The van der Waals surface area contributed by atoms with E-state index in [1.54, 1.807) is 0 Å². The maximum absolute atomic E-state index is 5.56. The van der Waals surface area contributed by atoms with E-state index in [1.165, 1.54) is 11.1 Å². The van der Waals surface area contributed by atoms with E-state index >= 15 is 0 Å². The van der Waals surface area contributed by atoms with E-state index in [1.807, 2.05) is 0 Å². The zero-order chi connectivity index (χ0) is 12.9. The first-order chi connectivity index (χ1) is 7.99. The van der Waals surface area contributed by atoms with E-state index in [0.717, 1.165) is 13.0 Å². The summed E-state index contributed by atoms with van der Waals surface area (Å²) in [5.41, 5.74) is 2.71. The van der Waals surface area contributed by atoms with Crippen LogP contribution in [0, 0.1) is 12.3 Å². The summed E-state index contributed by atoms with van der Waals surface area (Å²) in [5.74, 6) is 2.80. The fourth-order valence-electron chi connectivity index (χ4n) is 1.74. The normalized spacial score (nSPS) is 13.1. The molecule has 1 aromatic carbocycles. The van der Waals surface area contributed by atoms with Gasteiger partial charge in [0.2, 0.25) is 0 Å². The number of hydrogen-bond acceptors (Lipinski definition) is 1. The molecule has 0 saturated heterocycles. The van der Waals surface area contributed by atoms with Gasteiger partial charge in [0, 0.05) is 0 Å². The van der Waals surface area contributed by atoms with Gasteiger partial charge in [0.05, 0.1) is 6.04 Å². The van der Waals surface area contributed by atoms with Crippen molar-refractivity contribution in [3.05, 3.63) is 35.4 Å². The standard InChI is InChI=1S/C16H23N/c1-6-12-17-15(7-2)13-8-10-14(11-9-13)16(3,4)5/h2,8-11,15,17H,6,12H2,1,3-5H3. The summed E-state index contributed by atoms with van der Waals surface area (Å²) >= 11 is 0. The third-order valence-electron chi connectivity index (χ3n) is 2.88. The summed E-state index contributed by atoms with van der Waals surface area (Å²) in [7, 11) is 0. The van der Waals surface area contributed by atoms with Gasteiger partial charge >= 0.3 is 0 Å². The van der Waals surface area contributed by atoms with Crippen molar-refractivity contribution >= 4 is 0 Å². The van der Waals surface area contributed by atoms with Gasteiger partial charge in [-0.05, 0) is 29.5 Å². The van der Waals surface area contributed by atoms with Gasteiger partial charge in [-0.25, -0.2) is 0 Å². The van der Waals surface area contributed by atoms with Gasteiger partial charge in [-0.3, -0.25) is 0 Å². The SMILES string of the molecule is C#CC(NCCC)c1ccc(C(C)(C)C)cc1. The maximum atomic E-state index is 5.56. The fraction of sp³-hybridized carbons (Fsp3) is 0.500. The maximum Gasteiger partial charge on any atom is 0.0943 e. The summed E-state index contributed by atoms with van der Waals surface area (Å²) < 4.78 is 0. The quantitative estimate of drug-likeness (QED) is 0.777. The highest BCUT2D eigenvalue weighted by Crippen LogP contribution is 2.23. The Labute approximate surface area is 106 Å². The highest BCUT2D eigenvalue weighted by molar-refractivity contribution is 5.32. The van der Waals surface area contributed by atoms with Crippen molar-refractivity contribution < 1.29 is 0 Å². The summed E-state index contributed by atoms with van der Waals surface area (Å²) in [5, 5.41) is 3.36. The van der Waals surface area contributed by atoms with Crippen molar-refractivity contribution in [3.8, 4) is 12.3 Å². The Balaban J connectivity index is 2.83. The molecule has 1 unspecified atom stereocenters.